The number of aliphatic carboxylic acids is 1. The zero-order valence-electron chi connectivity index (χ0n) is 21.3. The second kappa shape index (κ2) is 12.0. The molecule has 1 aromatic carbocycles. The fourth-order valence-corrected chi connectivity index (χ4v) is 5.09. The number of carboxylic acid groups (broad SMARTS) is 1. The van der Waals surface area contributed by atoms with Gasteiger partial charge >= 0.3 is 5.97 Å². The molecule has 36 heavy (non-hydrogen) atoms. The number of likely N-dealkylation sites (tertiary alicyclic amines) is 1. The number of aryl methyl sites for hydroxylation is 2. The molecule has 3 heterocycles. The molecule has 8 heteroatoms. The molecule has 0 bridgehead atoms. The molecule has 0 unspecified atom stereocenters. The topological polar surface area (TPSA) is 83.9 Å². The van der Waals surface area contributed by atoms with Gasteiger partial charge in [-0.05, 0) is 68.4 Å². The van der Waals surface area contributed by atoms with E-state index < -0.39 is 11.6 Å². The number of halogens is 1. The summed E-state index contributed by atoms with van der Waals surface area (Å²) in [6.07, 6.45) is 3.56. The maximum absolute atomic E-state index is 15.7. The average molecular weight is 500 g/mol. The van der Waals surface area contributed by atoms with Gasteiger partial charge in [0.1, 0.15) is 23.8 Å². The molecular weight excluding hydrogens is 461 g/mol. The number of anilines is 1. The highest BCUT2D eigenvalue weighted by atomic mass is 19.1. The first kappa shape index (κ1) is 26.4. The molecule has 1 saturated heterocycles. The first-order valence-electron chi connectivity index (χ1n) is 12.9. The van der Waals surface area contributed by atoms with Crippen molar-refractivity contribution in [3.63, 3.8) is 0 Å². The van der Waals surface area contributed by atoms with Crippen molar-refractivity contribution in [2.45, 2.75) is 63.1 Å². The lowest BCUT2D eigenvalue weighted by Gasteiger charge is -2.25. The number of rotatable bonds is 12. The summed E-state index contributed by atoms with van der Waals surface area (Å²) in [5.74, 6) is 0.512. The Morgan fingerprint density at radius 2 is 2.19 bits per heavy atom. The molecule has 2 aliphatic rings. The number of methoxy groups -OCH3 is 1. The number of nitrogens with zero attached hydrogens (tertiary/aromatic N) is 2. The van der Waals surface area contributed by atoms with E-state index in [0.717, 1.165) is 36.5 Å². The zero-order chi connectivity index (χ0) is 25.5. The van der Waals surface area contributed by atoms with Gasteiger partial charge in [-0.15, -0.1) is 0 Å². The summed E-state index contributed by atoms with van der Waals surface area (Å²) in [6.45, 7) is 4.70. The average Bonchev–Trinajstić information content (AvgIpc) is 3.26. The molecule has 4 rings (SSSR count). The van der Waals surface area contributed by atoms with Crippen LogP contribution in [0.1, 0.15) is 55.3 Å². The van der Waals surface area contributed by atoms with E-state index in [1.54, 1.807) is 7.11 Å². The predicted molar refractivity (Wildman–Crippen MR) is 138 cm³/mol. The summed E-state index contributed by atoms with van der Waals surface area (Å²) in [4.78, 5) is 18.4. The van der Waals surface area contributed by atoms with E-state index in [1.165, 1.54) is 5.56 Å². The number of carboxylic acids is 1. The van der Waals surface area contributed by atoms with Gasteiger partial charge in [0, 0.05) is 44.9 Å². The molecule has 0 saturated carbocycles. The minimum Gasteiger partial charge on any atom is -0.491 e. The zero-order valence-corrected chi connectivity index (χ0v) is 21.3. The highest BCUT2D eigenvalue weighted by Gasteiger charge is 2.39. The highest BCUT2D eigenvalue weighted by Crippen LogP contribution is 2.33. The SMILES string of the molecule is CO[C@H](C)COc1cccc([C@H](CC(=O)O)CN2CC[C@@](F)(CCc3ccc4c(n3)NCCC4)C2)c1. The fraction of sp³-hybridized carbons (Fsp3) is 0.571. The number of fused-ring (bicyclic) bond motifs is 1. The number of ether oxygens (including phenoxy) is 2. The summed E-state index contributed by atoms with van der Waals surface area (Å²) in [6, 6.07) is 11.7. The summed E-state index contributed by atoms with van der Waals surface area (Å²) < 4.78 is 26.8. The Hall–Kier alpha value is -2.71. The van der Waals surface area contributed by atoms with Crippen LogP contribution < -0.4 is 10.1 Å². The van der Waals surface area contributed by atoms with Crippen LogP contribution >= 0.6 is 0 Å². The van der Waals surface area contributed by atoms with Gasteiger partial charge in [0.2, 0.25) is 0 Å². The van der Waals surface area contributed by atoms with Crippen molar-refractivity contribution in [2.24, 2.45) is 0 Å². The largest absolute Gasteiger partial charge is 0.491 e. The molecule has 2 aromatic rings. The van der Waals surface area contributed by atoms with E-state index in [2.05, 4.69) is 16.3 Å². The van der Waals surface area contributed by atoms with Crippen molar-refractivity contribution in [1.82, 2.24) is 9.88 Å². The Bertz CT molecular complexity index is 1040. The molecule has 0 radical (unpaired) electrons. The van der Waals surface area contributed by atoms with Crippen LogP contribution in [0.5, 0.6) is 5.75 Å². The third-order valence-electron chi connectivity index (χ3n) is 7.28. The normalized spacial score (nSPS) is 21.4. The molecule has 7 nitrogen and oxygen atoms in total. The van der Waals surface area contributed by atoms with Crippen molar-refractivity contribution < 1.29 is 23.8 Å². The molecule has 1 fully saturated rings. The third-order valence-corrected chi connectivity index (χ3v) is 7.28. The minimum absolute atomic E-state index is 0.0141. The fourth-order valence-electron chi connectivity index (χ4n) is 5.09. The van der Waals surface area contributed by atoms with E-state index in [4.69, 9.17) is 14.5 Å². The lowest BCUT2D eigenvalue weighted by atomic mass is 9.94. The Kier molecular flexibility index (Phi) is 8.80. The Labute approximate surface area is 213 Å². The quantitative estimate of drug-likeness (QED) is 0.446. The molecule has 0 spiro atoms. The van der Waals surface area contributed by atoms with Crippen LogP contribution in [-0.2, 0) is 22.4 Å². The number of benzene rings is 1. The van der Waals surface area contributed by atoms with Gasteiger partial charge in [0.15, 0.2) is 0 Å². The molecule has 0 aliphatic carbocycles. The van der Waals surface area contributed by atoms with Crippen LogP contribution in [0.4, 0.5) is 10.2 Å². The lowest BCUT2D eigenvalue weighted by molar-refractivity contribution is -0.137. The van der Waals surface area contributed by atoms with Gasteiger partial charge < -0.3 is 19.9 Å². The molecule has 196 valence electrons. The molecule has 0 amide bonds. The van der Waals surface area contributed by atoms with Crippen LogP contribution in [0.15, 0.2) is 36.4 Å². The van der Waals surface area contributed by atoms with E-state index in [-0.39, 0.29) is 18.4 Å². The van der Waals surface area contributed by atoms with E-state index in [9.17, 15) is 9.90 Å². The molecule has 2 N–H and O–H groups in total. The molecule has 2 aliphatic heterocycles. The summed E-state index contributed by atoms with van der Waals surface area (Å²) in [5, 5.41) is 12.9. The monoisotopic (exact) mass is 499 g/mol. The highest BCUT2D eigenvalue weighted by molar-refractivity contribution is 5.68. The maximum atomic E-state index is 15.7. The van der Waals surface area contributed by atoms with Crippen LogP contribution in [0.2, 0.25) is 0 Å². The maximum Gasteiger partial charge on any atom is 0.304 e. The van der Waals surface area contributed by atoms with Crippen molar-refractivity contribution in [3.05, 3.63) is 53.2 Å². The number of nitrogens with one attached hydrogen (secondary N) is 1. The van der Waals surface area contributed by atoms with Gasteiger partial charge in [-0.3, -0.25) is 9.69 Å². The first-order chi connectivity index (χ1) is 17.3. The number of pyridine rings is 1. The van der Waals surface area contributed by atoms with E-state index in [1.807, 2.05) is 37.3 Å². The van der Waals surface area contributed by atoms with Crippen LogP contribution in [0.25, 0.3) is 0 Å². The Morgan fingerprint density at radius 1 is 1.33 bits per heavy atom. The van der Waals surface area contributed by atoms with Crippen LogP contribution in [-0.4, -0.2) is 72.6 Å². The third kappa shape index (κ3) is 7.17. The van der Waals surface area contributed by atoms with Crippen LogP contribution in [0, 0.1) is 0 Å². The van der Waals surface area contributed by atoms with Crippen molar-refractivity contribution in [3.8, 4) is 5.75 Å². The van der Waals surface area contributed by atoms with Gasteiger partial charge in [-0.25, -0.2) is 9.37 Å². The summed E-state index contributed by atoms with van der Waals surface area (Å²) in [5.41, 5.74) is 1.75. The second-order valence-corrected chi connectivity index (χ2v) is 10.2. The van der Waals surface area contributed by atoms with Gasteiger partial charge in [0.05, 0.1) is 12.5 Å². The van der Waals surface area contributed by atoms with Gasteiger partial charge in [0.25, 0.3) is 0 Å². The molecule has 1 aromatic heterocycles. The van der Waals surface area contributed by atoms with Crippen molar-refractivity contribution in [2.75, 3.05) is 45.2 Å². The smallest absolute Gasteiger partial charge is 0.304 e. The molecule has 3 atom stereocenters. The Morgan fingerprint density at radius 3 is 3.00 bits per heavy atom. The molecular formula is C28H38FN3O4. The standard InChI is InChI=1S/C28H38FN3O4/c1-20(35-2)18-36-25-7-3-5-22(15-25)23(16-26(33)34)17-32-14-12-28(29,19-32)11-10-24-9-8-21-6-4-13-30-27(21)31-24/h3,5,7-9,15,20,23H,4,6,10-14,16-19H2,1-2H3,(H,30,31)(H,33,34)/t20-,23-,28+/m1/s1. The first-order valence-corrected chi connectivity index (χ1v) is 12.9. The van der Waals surface area contributed by atoms with E-state index >= 15 is 4.39 Å². The number of hydrogen-bond donors (Lipinski definition) is 2. The number of aromatic nitrogens is 1. The van der Waals surface area contributed by atoms with Crippen LogP contribution in [0.3, 0.4) is 0 Å². The van der Waals surface area contributed by atoms with E-state index in [0.29, 0.717) is 51.3 Å². The second-order valence-electron chi connectivity index (χ2n) is 10.2. The number of hydrogen-bond acceptors (Lipinski definition) is 6. The van der Waals surface area contributed by atoms with Crippen molar-refractivity contribution in [1.29, 1.82) is 0 Å². The van der Waals surface area contributed by atoms with Gasteiger partial charge in [-0.1, -0.05) is 18.2 Å². The number of alkyl halides is 1. The lowest BCUT2D eigenvalue weighted by Crippen LogP contribution is -2.32. The summed E-state index contributed by atoms with van der Waals surface area (Å²) >= 11 is 0. The number of carbonyl (C=O) groups is 1. The summed E-state index contributed by atoms with van der Waals surface area (Å²) in [7, 11) is 1.63. The minimum atomic E-state index is -1.29. The van der Waals surface area contributed by atoms with Crippen molar-refractivity contribution >= 4 is 11.8 Å². The Balaban J connectivity index is 1.35. The predicted octanol–water partition coefficient (Wildman–Crippen LogP) is 4.46. The van der Waals surface area contributed by atoms with Gasteiger partial charge in [-0.2, -0.15) is 0 Å².